The number of nitrogens with one attached hydrogen (secondary N) is 2. The Labute approximate surface area is 151 Å². The molecule has 1 aliphatic rings. The molecular formula is C20H22N4O2. The van der Waals surface area contributed by atoms with Crippen LogP contribution in [0.15, 0.2) is 36.8 Å². The molecule has 1 aromatic carbocycles. The minimum Gasteiger partial charge on any atom is -0.393 e. The average Bonchev–Trinajstić information content (AvgIpc) is 3.09. The molecule has 2 heterocycles. The Morgan fingerprint density at radius 3 is 2.69 bits per heavy atom. The van der Waals surface area contributed by atoms with Gasteiger partial charge < -0.3 is 15.4 Å². The second-order valence-corrected chi connectivity index (χ2v) is 6.94. The van der Waals surface area contributed by atoms with E-state index in [2.05, 4.69) is 20.3 Å². The predicted molar refractivity (Wildman–Crippen MR) is 100 cm³/mol. The summed E-state index contributed by atoms with van der Waals surface area (Å²) in [7, 11) is 0. The molecule has 3 N–H and O–H groups in total. The zero-order chi connectivity index (χ0) is 18.1. The van der Waals surface area contributed by atoms with Crippen molar-refractivity contribution in [3.63, 3.8) is 0 Å². The number of aryl methyl sites for hydroxylation is 1. The number of aliphatic hydroxyl groups excluding tert-OH is 1. The van der Waals surface area contributed by atoms with Gasteiger partial charge in [-0.25, -0.2) is 9.97 Å². The Morgan fingerprint density at radius 1 is 1.15 bits per heavy atom. The number of benzene rings is 1. The Bertz CT molecular complexity index is 942. The van der Waals surface area contributed by atoms with Crippen molar-refractivity contribution in [3.05, 3.63) is 53.5 Å². The maximum absolute atomic E-state index is 13.1. The van der Waals surface area contributed by atoms with Gasteiger partial charge in [0, 0.05) is 17.8 Å². The highest BCUT2D eigenvalue weighted by Gasteiger charge is 2.23. The van der Waals surface area contributed by atoms with Gasteiger partial charge in [0.1, 0.15) is 17.8 Å². The first-order chi connectivity index (χ1) is 12.6. The Hall–Kier alpha value is -2.73. The van der Waals surface area contributed by atoms with Crippen molar-refractivity contribution in [3.8, 4) is 0 Å². The lowest BCUT2D eigenvalue weighted by Gasteiger charge is -2.26. The Kier molecular flexibility index (Phi) is 4.42. The molecule has 4 rings (SSSR count). The molecule has 26 heavy (non-hydrogen) atoms. The van der Waals surface area contributed by atoms with Gasteiger partial charge in [0.25, 0.3) is 0 Å². The first kappa shape index (κ1) is 16.7. The summed E-state index contributed by atoms with van der Waals surface area (Å²) in [5, 5.41) is 13.9. The van der Waals surface area contributed by atoms with Crippen LogP contribution in [0.1, 0.15) is 47.2 Å². The minimum absolute atomic E-state index is 0.0359. The number of aromatic amines is 1. The van der Waals surface area contributed by atoms with E-state index < -0.39 is 0 Å². The largest absolute Gasteiger partial charge is 0.393 e. The van der Waals surface area contributed by atoms with Gasteiger partial charge in [-0.15, -0.1) is 0 Å². The van der Waals surface area contributed by atoms with Crippen molar-refractivity contribution in [2.24, 2.45) is 0 Å². The van der Waals surface area contributed by atoms with Crippen LogP contribution in [0.25, 0.3) is 11.0 Å². The molecule has 6 nitrogen and oxygen atoms in total. The van der Waals surface area contributed by atoms with E-state index in [1.807, 2.05) is 31.2 Å². The van der Waals surface area contributed by atoms with Crippen molar-refractivity contribution < 1.29 is 9.90 Å². The highest BCUT2D eigenvalue weighted by atomic mass is 16.3. The van der Waals surface area contributed by atoms with E-state index in [0.29, 0.717) is 22.6 Å². The fourth-order valence-electron chi connectivity index (χ4n) is 3.64. The van der Waals surface area contributed by atoms with Gasteiger partial charge in [-0.1, -0.05) is 24.3 Å². The lowest BCUT2D eigenvalue weighted by molar-refractivity contribution is 0.103. The van der Waals surface area contributed by atoms with Gasteiger partial charge in [-0.2, -0.15) is 0 Å². The molecular weight excluding hydrogens is 328 g/mol. The van der Waals surface area contributed by atoms with Crippen LogP contribution < -0.4 is 5.32 Å². The van der Waals surface area contributed by atoms with E-state index >= 15 is 0 Å². The molecule has 2 aromatic heterocycles. The maximum Gasteiger partial charge on any atom is 0.195 e. The van der Waals surface area contributed by atoms with Gasteiger partial charge in [-0.05, 0) is 38.2 Å². The zero-order valence-electron chi connectivity index (χ0n) is 14.7. The van der Waals surface area contributed by atoms with E-state index in [0.717, 1.165) is 36.6 Å². The number of fused-ring (bicyclic) bond motifs is 1. The van der Waals surface area contributed by atoms with Crippen molar-refractivity contribution in [1.29, 1.82) is 0 Å². The van der Waals surface area contributed by atoms with Crippen LogP contribution in [0.2, 0.25) is 0 Å². The number of hydrogen-bond donors (Lipinski definition) is 3. The van der Waals surface area contributed by atoms with Crippen LogP contribution in [-0.2, 0) is 0 Å². The van der Waals surface area contributed by atoms with E-state index in [4.69, 9.17) is 0 Å². The number of hydrogen-bond acceptors (Lipinski definition) is 5. The monoisotopic (exact) mass is 350 g/mol. The number of nitrogens with zero attached hydrogens (tertiary/aromatic N) is 2. The Morgan fingerprint density at radius 2 is 1.92 bits per heavy atom. The average molecular weight is 350 g/mol. The van der Waals surface area contributed by atoms with Crippen LogP contribution in [0.5, 0.6) is 0 Å². The number of carbonyl (C=O) groups excluding carboxylic acids is 1. The molecule has 6 heteroatoms. The molecule has 3 aromatic rings. The summed E-state index contributed by atoms with van der Waals surface area (Å²) in [6, 6.07) is 7.82. The van der Waals surface area contributed by atoms with E-state index in [9.17, 15) is 9.90 Å². The molecule has 0 atom stereocenters. The zero-order valence-corrected chi connectivity index (χ0v) is 14.7. The van der Waals surface area contributed by atoms with E-state index in [-0.39, 0.29) is 17.9 Å². The first-order valence-corrected chi connectivity index (χ1v) is 9.00. The maximum atomic E-state index is 13.1. The van der Waals surface area contributed by atoms with Crippen LogP contribution in [-0.4, -0.2) is 38.0 Å². The van der Waals surface area contributed by atoms with Crippen LogP contribution in [0.4, 0.5) is 5.82 Å². The number of aromatic nitrogens is 3. The molecule has 1 fully saturated rings. The first-order valence-electron chi connectivity index (χ1n) is 9.00. The Balaban J connectivity index is 1.71. The quantitative estimate of drug-likeness (QED) is 0.629. The summed E-state index contributed by atoms with van der Waals surface area (Å²) in [4.78, 5) is 24.8. The van der Waals surface area contributed by atoms with Gasteiger partial charge in [0.15, 0.2) is 5.78 Å². The summed E-state index contributed by atoms with van der Waals surface area (Å²) in [6.45, 7) is 1.94. The molecule has 0 spiro atoms. The highest BCUT2D eigenvalue weighted by Crippen LogP contribution is 2.29. The molecule has 134 valence electrons. The number of anilines is 1. The number of aliphatic hydroxyl groups is 1. The molecule has 0 radical (unpaired) electrons. The smallest absolute Gasteiger partial charge is 0.195 e. The third-order valence-corrected chi connectivity index (χ3v) is 5.14. The van der Waals surface area contributed by atoms with Crippen molar-refractivity contribution >= 4 is 22.6 Å². The summed E-state index contributed by atoms with van der Waals surface area (Å²) >= 11 is 0. The van der Waals surface area contributed by atoms with Gasteiger partial charge in [0.2, 0.25) is 0 Å². The highest BCUT2D eigenvalue weighted by molar-refractivity contribution is 6.18. The van der Waals surface area contributed by atoms with Gasteiger partial charge in [-0.3, -0.25) is 4.79 Å². The predicted octanol–water partition coefficient (Wildman–Crippen LogP) is 3.21. The van der Waals surface area contributed by atoms with Crippen molar-refractivity contribution in [2.45, 2.75) is 44.8 Å². The topological polar surface area (TPSA) is 90.9 Å². The lowest BCUT2D eigenvalue weighted by atomic mass is 9.93. The molecule has 1 aliphatic carbocycles. The van der Waals surface area contributed by atoms with Gasteiger partial charge in [0.05, 0.1) is 17.1 Å². The molecule has 0 bridgehead atoms. The van der Waals surface area contributed by atoms with Crippen LogP contribution in [0.3, 0.4) is 0 Å². The second kappa shape index (κ2) is 6.88. The van der Waals surface area contributed by atoms with Crippen LogP contribution in [0, 0.1) is 6.92 Å². The van der Waals surface area contributed by atoms with E-state index in [1.54, 1.807) is 6.20 Å². The standard InChI is InChI=1S/C20H22N4O2/c1-12-4-2-3-5-15(12)18(26)16-10-21-19-17(16)20(23-11-22-19)24-13-6-8-14(25)9-7-13/h2-5,10-11,13-14,25H,6-9H2,1H3,(H2,21,22,23,24)/t13-,14+. The summed E-state index contributed by atoms with van der Waals surface area (Å²) in [6.07, 6.45) is 6.35. The molecule has 0 amide bonds. The van der Waals surface area contributed by atoms with E-state index in [1.165, 1.54) is 6.33 Å². The molecule has 1 saturated carbocycles. The summed E-state index contributed by atoms with van der Waals surface area (Å²) in [5.41, 5.74) is 2.85. The number of rotatable bonds is 4. The summed E-state index contributed by atoms with van der Waals surface area (Å²) in [5.74, 6) is 0.640. The van der Waals surface area contributed by atoms with Crippen molar-refractivity contribution in [1.82, 2.24) is 15.0 Å². The number of carbonyl (C=O) groups is 1. The minimum atomic E-state index is -0.205. The second-order valence-electron chi connectivity index (χ2n) is 6.94. The SMILES string of the molecule is Cc1ccccc1C(=O)c1c[nH]c2ncnc(N[C@H]3CC[C@@H](O)CC3)c12. The fourth-order valence-corrected chi connectivity index (χ4v) is 3.64. The fraction of sp³-hybridized carbons (Fsp3) is 0.350. The normalized spacial score (nSPS) is 20.2. The molecule has 0 saturated heterocycles. The summed E-state index contributed by atoms with van der Waals surface area (Å²) < 4.78 is 0. The van der Waals surface area contributed by atoms with Gasteiger partial charge >= 0.3 is 0 Å². The van der Waals surface area contributed by atoms with Crippen molar-refractivity contribution in [2.75, 3.05) is 5.32 Å². The molecule has 0 unspecified atom stereocenters. The third-order valence-electron chi connectivity index (χ3n) is 5.14. The van der Waals surface area contributed by atoms with Crippen LogP contribution >= 0.6 is 0 Å². The number of H-pyrrole nitrogens is 1. The lowest BCUT2D eigenvalue weighted by Crippen LogP contribution is -2.28. The molecule has 0 aliphatic heterocycles. The third kappa shape index (κ3) is 3.08. The number of ketones is 1.